The van der Waals surface area contributed by atoms with Gasteiger partial charge in [-0.15, -0.1) is 0 Å². The summed E-state index contributed by atoms with van der Waals surface area (Å²) in [4.78, 5) is 24.2. The highest BCUT2D eigenvalue weighted by Crippen LogP contribution is 2.16. The molecule has 0 fully saturated rings. The fraction of sp³-hybridized carbons (Fsp3) is 0.556. The SMILES string of the molecule is COCCS(=O)(=O)CC(CS(=O)(=O)CCOC)C(=O)c1ccc(C(C)=O)cc1. The maximum Gasteiger partial charge on any atom is 0.167 e. The molecule has 1 rings (SSSR count). The Morgan fingerprint density at radius 2 is 1.21 bits per heavy atom. The van der Waals surface area contributed by atoms with Gasteiger partial charge in [0.2, 0.25) is 0 Å². The molecule has 0 atom stereocenters. The number of rotatable bonds is 13. The maximum atomic E-state index is 12.9. The van der Waals surface area contributed by atoms with Crippen LogP contribution in [0.1, 0.15) is 27.6 Å². The molecule has 1 aromatic carbocycles. The summed E-state index contributed by atoms with van der Waals surface area (Å²) in [6, 6.07) is 5.70. The van der Waals surface area contributed by atoms with Gasteiger partial charge >= 0.3 is 0 Å². The van der Waals surface area contributed by atoms with Crippen molar-refractivity contribution < 1.29 is 35.9 Å². The first-order chi connectivity index (χ1) is 13.0. The van der Waals surface area contributed by atoms with Gasteiger partial charge in [-0.2, -0.15) is 0 Å². The predicted molar refractivity (Wildman–Crippen MR) is 105 cm³/mol. The van der Waals surface area contributed by atoms with Crippen molar-refractivity contribution in [1.29, 1.82) is 0 Å². The number of carbonyl (C=O) groups excluding carboxylic acids is 2. The standard InChI is InChI=1S/C18H26O8S2/c1-14(19)15-4-6-16(7-5-15)18(20)17(12-27(21,22)10-8-25-2)13-28(23,24)11-9-26-3/h4-7,17H,8-13H2,1-3H3. The van der Waals surface area contributed by atoms with Gasteiger partial charge in [-0.3, -0.25) is 9.59 Å². The fourth-order valence-corrected chi connectivity index (χ4v) is 5.59. The van der Waals surface area contributed by atoms with Crippen molar-refractivity contribution >= 4 is 31.2 Å². The molecule has 10 heteroatoms. The highest BCUT2D eigenvalue weighted by molar-refractivity contribution is 7.92. The van der Waals surface area contributed by atoms with E-state index in [0.29, 0.717) is 5.56 Å². The van der Waals surface area contributed by atoms with E-state index in [1.807, 2.05) is 0 Å². The molecule has 0 amide bonds. The van der Waals surface area contributed by atoms with E-state index in [2.05, 4.69) is 0 Å². The van der Waals surface area contributed by atoms with E-state index >= 15 is 0 Å². The van der Waals surface area contributed by atoms with Crippen LogP contribution in [0.15, 0.2) is 24.3 Å². The van der Waals surface area contributed by atoms with E-state index < -0.39 is 42.9 Å². The Hall–Kier alpha value is -1.62. The zero-order valence-electron chi connectivity index (χ0n) is 16.2. The van der Waals surface area contributed by atoms with Crippen molar-refractivity contribution in [3.63, 3.8) is 0 Å². The molecule has 1 aromatic rings. The van der Waals surface area contributed by atoms with Gasteiger partial charge in [-0.25, -0.2) is 16.8 Å². The summed E-state index contributed by atoms with van der Waals surface area (Å²) >= 11 is 0. The molecule has 0 aromatic heterocycles. The third-order valence-electron chi connectivity index (χ3n) is 4.05. The van der Waals surface area contributed by atoms with Crippen LogP contribution < -0.4 is 0 Å². The number of ketones is 2. The number of benzene rings is 1. The Balaban J connectivity index is 3.13. The van der Waals surface area contributed by atoms with Gasteiger partial charge in [0.05, 0.1) is 42.1 Å². The summed E-state index contributed by atoms with van der Waals surface area (Å²) < 4.78 is 58.7. The summed E-state index contributed by atoms with van der Waals surface area (Å²) in [6.45, 7) is 1.28. The number of ether oxygens (including phenoxy) is 2. The second-order valence-electron chi connectivity index (χ2n) is 6.41. The van der Waals surface area contributed by atoms with Gasteiger partial charge in [0.1, 0.15) is 0 Å². The number of hydrogen-bond acceptors (Lipinski definition) is 8. The number of methoxy groups -OCH3 is 2. The van der Waals surface area contributed by atoms with Gasteiger partial charge in [0.15, 0.2) is 31.2 Å². The molecular weight excluding hydrogens is 408 g/mol. The summed E-state index contributed by atoms with van der Waals surface area (Å²) in [5.41, 5.74) is 0.549. The van der Waals surface area contributed by atoms with Gasteiger partial charge in [0, 0.05) is 25.3 Å². The van der Waals surface area contributed by atoms with Crippen molar-refractivity contribution in [3.8, 4) is 0 Å². The van der Waals surface area contributed by atoms with E-state index in [1.54, 1.807) is 0 Å². The zero-order chi connectivity index (χ0) is 21.4. The van der Waals surface area contributed by atoms with Gasteiger partial charge in [-0.05, 0) is 6.92 Å². The first-order valence-corrected chi connectivity index (χ1v) is 12.2. The lowest BCUT2D eigenvalue weighted by Gasteiger charge is -2.17. The van der Waals surface area contributed by atoms with Crippen LogP contribution in [0.2, 0.25) is 0 Å². The van der Waals surface area contributed by atoms with Crippen LogP contribution in [0.5, 0.6) is 0 Å². The van der Waals surface area contributed by atoms with E-state index in [-0.39, 0.29) is 36.1 Å². The largest absolute Gasteiger partial charge is 0.384 e. The van der Waals surface area contributed by atoms with Gasteiger partial charge in [-0.1, -0.05) is 24.3 Å². The summed E-state index contributed by atoms with van der Waals surface area (Å²) in [5, 5.41) is 0. The average molecular weight is 435 g/mol. The van der Waals surface area contributed by atoms with Crippen LogP contribution in [-0.4, -0.2) is 78.8 Å². The van der Waals surface area contributed by atoms with Crippen LogP contribution in [0, 0.1) is 5.92 Å². The third kappa shape index (κ3) is 8.17. The average Bonchev–Trinajstić information content (AvgIpc) is 2.63. The number of carbonyl (C=O) groups is 2. The molecule has 0 aliphatic heterocycles. The molecule has 0 saturated carbocycles. The highest BCUT2D eigenvalue weighted by atomic mass is 32.2. The lowest BCUT2D eigenvalue weighted by Crippen LogP contribution is -2.33. The van der Waals surface area contributed by atoms with Gasteiger partial charge in [0.25, 0.3) is 0 Å². The molecule has 0 saturated heterocycles. The topological polar surface area (TPSA) is 121 Å². The highest BCUT2D eigenvalue weighted by Gasteiger charge is 2.31. The predicted octanol–water partition coefficient (Wildman–Crippen LogP) is 0.811. The van der Waals surface area contributed by atoms with Crippen LogP contribution in [0.25, 0.3) is 0 Å². The van der Waals surface area contributed by atoms with Crippen molar-refractivity contribution in [2.24, 2.45) is 5.92 Å². The summed E-state index contributed by atoms with van der Waals surface area (Å²) in [6.07, 6.45) is 0. The summed E-state index contributed by atoms with van der Waals surface area (Å²) in [7, 11) is -4.71. The lowest BCUT2D eigenvalue weighted by atomic mass is 9.99. The molecule has 8 nitrogen and oxygen atoms in total. The second-order valence-corrected chi connectivity index (χ2v) is 10.9. The van der Waals surface area contributed by atoms with Crippen molar-refractivity contribution in [2.45, 2.75) is 6.92 Å². The monoisotopic (exact) mass is 434 g/mol. The van der Waals surface area contributed by atoms with Gasteiger partial charge < -0.3 is 9.47 Å². The molecule has 0 N–H and O–H groups in total. The lowest BCUT2D eigenvalue weighted by molar-refractivity contribution is 0.0940. The Kier molecular flexibility index (Phi) is 9.42. The molecule has 0 spiro atoms. The van der Waals surface area contributed by atoms with Crippen molar-refractivity contribution in [3.05, 3.63) is 35.4 Å². The van der Waals surface area contributed by atoms with E-state index in [9.17, 15) is 26.4 Å². The molecule has 0 aliphatic carbocycles. The molecule has 0 heterocycles. The number of Topliss-reactive ketones (excluding diaryl/α,β-unsaturated/α-hetero) is 2. The minimum Gasteiger partial charge on any atom is -0.384 e. The van der Waals surface area contributed by atoms with Crippen molar-refractivity contribution in [2.75, 3.05) is 50.4 Å². The number of sulfone groups is 2. The quantitative estimate of drug-likeness (QED) is 0.418. The molecule has 158 valence electrons. The van der Waals surface area contributed by atoms with Crippen LogP contribution >= 0.6 is 0 Å². The zero-order valence-corrected chi connectivity index (χ0v) is 17.8. The Morgan fingerprint density at radius 1 is 0.821 bits per heavy atom. The first-order valence-electron chi connectivity index (χ1n) is 8.55. The molecular formula is C18H26O8S2. The number of hydrogen-bond donors (Lipinski definition) is 0. The minimum absolute atomic E-state index is 0.0486. The first kappa shape index (κ1) is 24.4. The Morgan fingerprint density at radius 3 is 1.57 bits per heavy atom. The fourth-order valence-electron chi connectivity index (χ4n) is 2.50. The molecule has 0 radical (unpaired) electrons. The smallest absolute Gasteiger partial charge is 0.167 e. The normalized spacial score (nSPS) is 12.3. The summed E-state index contributed by atoms with van der Waals surface area (Å²) in [5.74, 6) is -3.86. The second kappa shape index (κ2) is 10.8. The maximum absolute atomic E-state index is 12.9. The Bertz CT molecular complexity index is 831. The molecule has 28 heavy (non-hydrogen) atoms. The van der Waals surface area contributed by atoms with E-state index in [1.165, 1.54) is 45.4 Å². The molecule has 0 bridgehead atoms. The van der Waals surface area contributed by atoms with Crippen LogP contribution in [0.3, 0.4) is 0 Å². The Labute approximate surface area is 166 Å². The third-order valence-corrected chi connectivity index (χ3v) is 7.45. The van der Waals surface area contributed by atoms with E-state index in [4.69, 9.17) is 9.47 Å². The van der Waals surface area contributed by atoms with Crippen LogP contribution in [-0.2, 0) is 29.1 Å². The minimum atomic E-state index is -3.71. The molecule has 0 unspecified atom stereocenters. The van der Waals surface area contributed by atoms with E-state index in [0.717, 1.165) is 0 Å². The van der Waals surface area contributed by atoms with Crippen LogP contribution in [0.4, 0.5) is 0 Å². The molecule has 0 aliphatic rings. The van der Waals surface area contributed by atoms with Crippen molar-refractivity contribution in [1.82, 2.24) is 0 Å².